The number of hydrogen-bond donors (Lipinski definition) is 3. The number of aromatic nitrogens is 1. The van der Waals surface area contributed by atoms with Gasteiger partial charge in [-0.05, 0) is 62.3 Å². The van der Waals surface area contributed by atoms with E-state index < -0.39 is 12.0 Å². The number of ketones is 1. The molecular weight excluding hydrogens is 456 g/mol. The summed E-state index contributed by atoms with van der Waals surface area (Å²) in [5.41, 5.74) is 11.0. The molecule has 36 heavy (non-hydrogen) atoms. The molecule has 1 aromatic heterocycles. The van der Waals surface area contributed by atoms with E-state index in [4.69, 9.17) is 5.73 Å². The van der Waals surface area contributed by atoms with Gasteiger partial charge in [-0.25, -0.2) is 0 Å². The summed E-state index contributed by atoms with van der Waals surface area (Å²) in [5, 5.41) is 13.5. The highest BCUT2D eigenvalue weighted by atomic mass is 16.3. The molecule has 1 aromatic carbocycles. The lowest BCUT2D eigenvalue weighted by atomic mass is 9.75. The number of nitrogens with one attached hydrogen (secondary N) is 1. The zero-order valence-corrected chi connectivity index (χ0v) is 22.1. The number of nitrogens with two attached hydrogens (primary N) is 1. The van der Waals surface area contributed by atoms with Crippen molar-refractivity contribution in [2.24, 2.45) is 17.1 Å². The summed E-state index contributed by atoms with van der Waals surface area (Å²) in [4.78, 5) is 40.2. The Balaban J connectivity index is 1.96. The second-order valence-corrected chi connectivity index (χ2v) is 11.4. The Morgan fingerprint density at radius 1 is 1.19 bits per heavy atom. The van der Waals surface area contributed by atoms with Crippen molar-refractivity contribution in [3.63, 3.8) is 0 Å². The molecule has 8 heteroatoms. The Morgan fingerprint density at radius 3 is 2.53 bits per heavy atom. The number of rotatable bonds is 2. The number of carbonyl (C=O) groups excluding carboxylic acids is 3. The maximum atomic E-state index is 13.3. The highest BCUT2D eigenvalue weighted by molar-refractivity contribution is 6.01. The fourth-order valence-electron chi connectivity index (χ4n) is 5.69. The van der Waals surface area contributed by atoms with Crippen LogP contribution in [-0.2, 0) is 17.6 Å². The molecule has 0 unspecified atom stereocenters. The van der Waals surface area contributed by atoms with E-state index >= 15 is 0 Å². The first-order chi connectivity index (χ1) is 16.8. The molecular formula is C28H38N4O4. The van der Waals surface area contributed by atoms with Gasteiger partial charge in [-0.15, -0.1) is 0 Å². The van der Waals surface area contributed by atoms with E-state index in [9.17, 15) is 19.5 Å². The maximum absolute atomic E-state index is 13.3. The molecule has 2 amide bonds. The Bertz CT molecular complexity index is 1230. The summed E-state index contributed by atoms with van der Waals surface area (Å²) in [5.74, 6) is -0.682. The second-order valence-electron chi connectivity index (χ2n) is 11.4. The molecule has 0 radical (unpaired) electrons. The summed E-state index contributed by atoms with van der Waals surface area (Å²) in [7, 11) is 0. The van der Waals surface area contributed by atoms with E-state index in [0.29, 0.717) is 37.2 Å². The van der Waals surface area contributed by atoms with Gasteiger partial charge < -0.3 is 25.6 Å². The first-order valence-corrected chi connectivity index (χ1v) is 12.7. The molecule has 3 atom stereocenters. The topological polar surface area (TPSA) is 118 Å². The molecule has 0 saturated carbocycles. The smallest absolute Gasteiger partial charge is 0.251 e. The number of amides is 2. The first-order valence-electron chi connectivity index (χ1n) is 12.7. The van der Waals surface area contributed by atoms with E-state index in [1.165, 1.54) is 6.92 Å². The Labute approximate surface area is 212 Å². The van der Waals surface area contributed by atoms with Crippen LogP contribution in [-0.4, -0.2) is 57.4 Å². The van der Waals surface area contributed by atoms with E-state index in [1.807, 2.05) is 32.9 Å². The Kier molecular flexibility index (Phi) is 6.77. The van der Waals surface area contributed by atoms with Crippen molar-refractivity contribution in [3.05, 3.63) is 46.3 Å². The number of fused-ring (bicyclic) bond motifs is 6. The van der Waals surface area contributed by atoms with Gasteiger partial charge in [0.05, 0.1) is 5.56 Å². The second kappa shape index (κ2) is 9.39. The Morgan fingerprint density at radius 2 is 1.89 bits per heavy atom. The van der Waals surface area contributed by atoms with Gasteiger partial charge in [0.2, 0.25) is 0 Å². The molecule has 2 heterocycles. The summed E-state index contributed by atoms with van der Waals surface area (Å²) in [6, 6.07) is 5.48. The lowest BCUT2D eigenvalue weighted by Gasteiger charge is -2.32. The lowest BCUT2D eigenvalue weighted by Crippen LogP contribution is -2.44. The monoisotopic (exact) mass is 494 g/mol. The number of carbonyl (C=O) groups is 3. The van der Waals surface area contributed by atoms with Crippen molar-refractivity contribution in [1.82, 2.24) is 9.47 Å². The molecule has 4 rings (SSSR count). The zero-order valence-electron chi connectivity index (χ0n) is 22.1. The largest absolute Gasteiger partial charge is 0.384 e. The average molecular weight is 495 g/mol. The highest BCUT2D eigenvalue weighted by Gasteiger charge is 2.37. The highest BCUT2D eigenvalue weighted by Crippen LogP contribution is 2.40. The molecule has 8 nitrogen and oxygen atoms in total. The molecule has 2 aromatic rings. The molecule has 2 bridgehead atoms. The predicted octanol–water partition coefficient (Wildman–Crippen LogP) is 3.24. The van der Waals surface area contributed by atoms with Crippen molar-refractivity contribution in [2.75, 3.05) is 18.4 Å². The number of nitrogens with zero attached hydrogens (tertiary/aromatic N) is 2. The van der Waals surface area contributed by atoms with Gasteiger partial charge in [0.25, 0.3) is 11.8 Å². The Hall–Kier alpha value is -3.13. The number of anilines is 1. The molecule has 2 aliphatic rings. The van der Waals surface area contributed by atoms with Crippen molar-refractivity contribution < 1.29 is 19.5 Å². The number of aliphatic hydroxyl groups excluding tert-OH is 1. The predicted molar refractivity (Wildman–Crippen MR) is 140 cm³/mol. The molecule has 0 saturated heterocycles. The number of primary amides is 1. The molecule has 194 valence electrons. The fraction of sp³-hybridized carbons (Fsp3) is 0.536. The van der Waals surface area contributed by atoms with Crippen molar-refractivity contribution in [2.45, 2.75) is 73.0 Å². The van der Waals surface area contributed by atoms with Crippen LogP contribution < -0.4 is 11.1 Å². The number of Topliss-reactive ketones (excluding diaryl/α,β-unsaturated/α-hetero) is 1. The summed E-state index contributed by atoms with van der Waals surface area (Å²) < 4.78 is 2.14. The molecule has 0 fully saturated rings. The van der Waals surface area contributed by atoms with Crippen molar-refractivity contribution in [3.8, 4) is 5.69 Å². The minimum atomic E-state index is -1.11. The fourth-order valence-corrected chi connectivity index (χ4v) is 5.69. The minimum absolute atomic E-state index is 0.0278. The lowest BCUT2D eigenvalue weighted by molar-refractivity contribution is -0.139. The van der Waals surface area contributed by atoms with E-state index in [1.54, 1.807) is 11.0 Å². The van der Waals surface area contributed by atoms with Gasteiger partial charge in [-0.3, -0.25) is 14.4 Å². The minimum Gasteiger partial charge on any atom is -0.384 e. The molecule has 0 spiro atoms. The first kappa shape index (κ1) is 25.9. The number of hydrogen-bond acceptors (Lipinski definition) is 5. The van der Waals surface area contributed by atoms with Crippen LogP contribution in [0.1, 0.15) is 78.7 Å². The normalized spacial score (nSPS) is 22.4. The third-order valence-corrected chi connectivity index (χ3v) is 7.76. The molecule has 1 aliphatic carbocycles. The standard InChI is InChI=1S/C28H38N4O4/c1-15-14-31(27(36)18(4)33)10-9-22-16(2)25-23(12-28(5,6)13-24(25)34)32(22)19-7-8-20(26(29)35)21(11-19)30-17(15)3/h7-8,11,15,17-18,30,33H,9-10,12-14H2,1-6H3,(H2,29,35)/t15-,17+,18+/m1/s1. The van der Waals surface area contributed by atoms with Gasteiger partial charge in [0.1, 0.15) is 6.10 Å². The van der Waals surface area contributed by atoms with Crippen LogP contribution in [0.25, 0.3) is 5.69 Å². The van der Waals surface area contributed by atoms with Crippen LogP contribution in [0, 0.1) is 18.3 Å². The third kappa shape index (κ3) is 4.66. The van der Waals surface area contributed by atoms with Crippen LogP contribution in [0.5, 0.6) is 0 Å². The zero-order chi connectivity index (χ0) is 26.5. The number of benzene rings is 1. The van der Waals surface area contributed by atoms with Gasteiger partial charge in [-0.1, -0.05) is 20.8 Å². The van der Waals surface area contributed by atoms with E-state index in [-0.39, 0.29) is 29.1 Å². The van der Waals surface area contributed by atoms with Gasteiger partial charge in [0.15, 0.2) is 5.78 Å². The van der Waals surface area contributed by atoms with E-state index in [2.05, 4.69) is 23.7 Å². The average Bonchev–Trinajstić information content (AvgIpc) is 3.05. The maximum Gasteiger partial charge on any atom is 0.251 e. The quantitative estimate of drug-likeness (QED) is 0.592. The van der Waals surface area contributed by atoms with Crippen LogP contribution in [0.4, 0.5) is 5.69 Å². The van der Waals surface area contributed by atoms with Crippen LogP contribution >= 0.6 is 0 Å². The summed E-state index contributed by atoms with van der Waals surface area (Å²) in [6.45, 7) is 12.6. The SMILES string of the molecule is Cc1c2c(n3c1CCN(C(=O)[C@H](C)O)C[C@@H](C)[C@H](C)Nc1cc-3ccc1C(N)=O)CC(C)(C)CC2=O. The third-order valence-electron chi connectivity index (χ3n) is 7.76. The van der Waals surface area contributed by atoms with E-state index in [0.717, 1.165) is 34.6 Å². The van der Waals surface area contributed by atoms with Gasteiger partial charge in [0, 0.05) is 60.3 Å². The van der Waals surface area contributed by atoms with Crippen LogP contribution in [0.15, 0.2) is 18.2 Å². The van der Waals surface area contributed by atoms with Crippen LogP contribution in [0.3, 0.4) is 0 Å². The van der Waals surface area contributed by atoms with Crippen molar-refractivity contribution >= 4 is 23.3 Å². The number of aliphatic hydroxyl groups is 1. The molecule has 4 N–H and O–H groups in total. The van der Waals surface area contributed by atoms with Crippen molar-refractivity contribution in [1.29, 1.82) is 0 Å². The molecule has 1 aliphatic heterocycles. The van der Waals surface area contributed by atoms with Gasteiger partial charge >= 0.3 is 0 Å². The van der Waals surface area contributed by atoms with Gasteiger partial charge in [-0.2, -0.15) is 0 Å². The summed E-state index contributed by atoms with van der Waals surface area (Å²) in [6.07, 6.45) is 0.649. The summed E-state index contributed by atoms with van der Waals surface area (Å²) >= 11 is 0. The van der Waals surface area contributed by atoms with Crippen LogP contribution in [0.2, 0.25) is 0 Å².